The van der Waals surface area contributed by atoms with Crippen LogP contribution in [0.2, 0.25) is 0 Å². The van der Waals surface area contributed by atoms with Crippen molar-refractivity contribution in [2.75, 3.05) is 39.3 Å². The van der Waals surface area contributed by atoms with Crippen LogP contribution in [0.4, 0.5) is 4.79 Å². The van der Waals surface area contributed by atoms with Crippen LogP contribution in [-0.4, -0.2) is 117 Å². The molecule has 5 atom stereocenters. The average Bonchev–Trinajstić information content (AvgIpc) is 2.60. The minimum atomic E-state index is -2.08. The molecule has 2 rings (SSSR count). The first-order valence-corrected chi connectivity index (χ1v) is 9.22. The van der Waals surface area contributed by atoms with Gasteiger partial charge in [0.15, 0.2) is 5.79 Å². The van der Waals surface area contributed by atoms with Crippen LogP contribution in [0.5, 0.6) is 0 Å². The van der Waals surface area contributed by atoms with E-state index in [4.69, 9.17) is 9.47 Å². The first-order valence-electron chi connectivity index (χ1n) is 9.22. The standard InChI is InChI=1S/C17H32N2O8/c1-16(2,3)27-15(24)19-8-6-18(7-9-19)5-4-17(25)14(23)13(22)12(21)11(10-20)26-17/h11-14,20-23,25H,4-10H2,1-3H3/t11-,12-,13+,14-,17-/m1/s1. The third kappa shape index (κ3) is 5.50. The SMILES string of the molecule is CC(C)(C)OC(=O)N1CCN(CC[C@@]2(O)O[C@H](CO)[C@@H](O)[C@H](O)[C@H]2O)CC1. The summed E-state index contributed by atoms with van der Waals surface area (Å²) in [6.07, 6.45) is -6.38. The molecule has 0 aromatic carbocycles. The zero-order chi connectivity index (χ0) is 20.4. The van der Waals surface area contributed by atoms with E-state index in [0.29, 0.717) is 32.7 Å². The highest BCUT2D eigenvalue weighted by Crippen LogP contribution is 2.31. The Bertz CT molecular complexity index is 504. The monoisotopic (exact) mass is 392 g/mol. The molecular weight excluding hydrogens is 360 g/mol. The molecule has 1 amide bonds. The van der Waals surface area contributed by atoms with Crippen molar-refractivity contribution in [3.05, 3.63) is 0 Å². The van der Waals surface area contributed by atoms with E-state index in [1.807, 2.05) is 25.7 Å². The van der Waals surface area contributed by atoms with Gasteiger partial charge >= 0.3 is 6.09 Å². The predicted octanol–water partition coefficient (Wildman–Crippen LogP) is -1.91. The van der Waals surface area contributed by atoms with Gasteiger partial charge in [-0.25, -0.2) is 4.79 Å². The van der Waals surface area contributed by atoms with Gasteiger partial charge < -0.3 is 39.9 Å². The second-order valence-electron chi connectivity index (χ2n) is 8.17. The first-order chi connectivity index (χ1) is 12.5. The molecule has 0 spiro atoms. The van der Waals surface area contributed by atoms with Crippen molar-refractivity contribution in [1.29, 1.82) is 0 Å². The van der Waals surface area contributed by atoms with Gasteiger partial charge in [-0.05, 0) is 20.8 Å². The molecule has 2 aliphatic rings. The molecule has 0 radical (unpaired) electrons. The second-order valence-corrected chi connectivity index (χ2v) is 8.17. The van der Waals surface area contributed by atoms with Gasteiger partial charge in [0.2, 0.25) is 0 Å². The lowest BCUT2D eigenvalue weighted by atomic mass is 9.90. The Hall–Kier alpha value is -1.01. The molecule has 2 aliphatic heterocycles. The molecule has 0 saturated carbocycles. The van der Waals surface area contributed by atoms with E-state index in [1.165, 1.54) is 0 Å². The molecular formula is C17H32N2O8. The van der Waals surface area contributed by atoms with Gasteiger partial charge in [-0.15, -0.1) is 0 Å². The molecule has 0 aromatic rings. The van der Waals surface area contributed by atoms with Crippen LogP contribution in [0, 0.1) is 0 Å². The second kappa shape index (κ2) is 8.56. The lowest BCUT2D eigenvalue weighted by Crippen LogP contribution is -2.65. The van der Waals surface area contributed by atoms with Crippen LogP contribution in [-0.2, 0) is 9.47 Å². The van der Waals surface area contributed by atoms with Crippen molar-refractivity contribution in [2.45, 2.75) is 63.0 Å². The summed E-state index contributed by atoms with van der Waals surface area (Å²) in [7, 11) is 0. The third-order valence-electron chi connectivity index (χ3n) is 4.86. The van der Waals surface area contributed by atoms with Gasteiger partial charge in [-0.3, -0.25) is 4.90 Å². The van der Waals surface area contributed by atoms with Crippen LogP contribution in [0.3, 0.4) is 0 Å². The van der Waals surface area contributed by atoms with Crippen LogP contribution in [0.25, 0.3) is 0 Å². The van der Waals surface area contributed by atoms with Crippen molar-refractivity contribution in [3.63, 3.8) is 0 Å². The number of aliphatic hydroxyl groups is 5. The minimum absolute atomic E-state index is 0.0269. The maximum atomic E-state index is 12.1. The van der Waals surface area contributed by atoms with Crippen LogP contribution < -0.4 is 0 Å². The van der Waals surface area contributed by atoms with Crippen LogP contribution in [0.1, 0.15) is 27.2 Å². The highest BCUT2D eigenvalue weighted by atomic mass is 16.7. The number of carbonyl (C=O) groups is 1. The molecule has 0 aliphatic carbocycles. The lowest BCUT2D eigenvalue weighted by Gasteiger charge is -2.46. The number of hydrogen-bond acceptors (Lipinski definition) is 9. The molecule has 2 heterocycles. The number of ether oxygens (including phenoxy) is 2. The normalized spacial score (nSPS) is 35.9. The Labute approximate surface area is 158 Å². The molecule has 5 N–H and O–H groups in total. The number of nitrogens with zero attached hydrogens (tertiary/aromatic N) is 2. The summed E-state index contributed by atoms with van der Waals surface area (Å²) in [5.74, 6) is -2.08. The smallest absolute Gasteiger partial charge is 0.410 e. The molecule has 0 bridgehead atoms. The van der Waals surface area contributed by atoms with Gasteiger partial charge in [-0.1, -0.05) is 0 Å². The first kappa shape index (κ1) is 22.3. The summed E-state index contributed by atoms with van der Waals surface area (Å²) in [6.45, 7) is 7.22. The Kier molecular flexibility index (Phi) is 7.06. The number of rotatable bonds is 4. The van der Waals surface area contributed by atoms with E-state index < -0.39 is 42.4 Å². The number of hydrogen-bond donors (Lipinski definition) is 5. The summed E-state index contributed by atoms with van der Waals surface area (Å²) >= 11 is 0. The highest BCUT2D eigenvalue weighted by molar-refractivity contribution is 5.68. The molecule has 2 fully saturated rings. The fraction of sp³-hybridized carbons (Fsp3) is 0.941. The Morgan fingerprint density at radius 2 is 1.74 bits per heavy atom. The summed E-state index contributed by atoms with van der Waals surface area (Å²) in [4.78, 5) is 15.7. The van der Waals surface area contributed by atoms with Crippen molar-refractivity contribution >= 4 is 6.09 Å². The maximum Gasteiger partial charge on any atom is 0.410 e. The Morgan fingerprint density at radius 1 is 1.15 bits per heavy atom. The largest absolute Gasteiger partial charge is 0.444 e. The van der Waals surface area contributed by atoms with Gasteiger partial charge in [0.25, 0.3) is 0 Å². The summed E-state index contributed by atoms with van der Waals surface area (Å²) in [5, 5.41) is 49.5. The van der Waals surface area contributed by atoms with E-state index in [2.05, 4.69) is 0 Å². The van der Waals surface area contributed by atoms with Crippen LogP contribution in [0.15, 0.2) is 0 Å². The molecule has 0 unspecified atom stereocenters. The number of amides is 1. The molecule has 10 heteroatoms. The fourth-order valence-corrected chi connectivity index (χ4v) is 3.23. The van der Waals surface area contributed by atoms with Gasteiger partial charge in [0, 0.05) is 39.1 Å². The van der Waals surface area contributed by atoms with Gasteiger partial charge in [0.1, 0.15) is 30.0 Å². The summed E-state index contributed by atoms with van der Waals surface area (Å²) < 4.78 is 10.6. The molecule has 10 nitrogen and oxygen atoms in total. The van der Waals surface area contributed by atoms with E-state index in [-0.39, 0.29) is 12.5 Å². The molecule has 0 aromatic heterocycles. The number of aliphatic hydroxyl groups excluding tert-OH is 4. The Morgan fingerprint density at radius 3 is 2.26 bits per heavy atom. The quantitative estimate of drug-likeness (QED) is 0.370. The van der Waals surface area contributed by atoms with Gasteiger partial charge in [0.05, 0.1) is 6.61 Å². The van der Waals surface area contributed by atoms with Crippen molar-refractivity contribution in [2.24, 2.45) is 0 Å². The molecule has 2 saturated heterocycles. The van der Waals surface area contributed by atoms with Crippen LogP contribution >= 0.6 is 0 Å². The maximum absolute atomic E-state index is 12.1. The molecule has 27 heavy (non-hydrogen) atoms. The summed E-state index contributed by atoms with van der Waals surface area (Å²) in [6, 6.07) is 0. The zero-order valence-electron chi connectivity index (χ0n) is 16.1. The number of carbonyl (C=O) groups excluding carboxylic acids is 1. The highest BCUT2D eigenvalue weighted by Gasteiger charge is 2.52. The van der Waals surface area contributed by atoms with Crippen molar-refractivity contribution in [1.82, 2.24) is 9.80 Å². The lowest BCUT2D eigenvalue weighted by molar-refractivity contribution is -0.351. The van der Waals surface area contributed by atoms with E-state index in [0.717, 1.165) is 0 Å². The summed E-state index contributed by atoms with van der Waals surface area (Å²) in [5.41, 5.74) is -0.555. The molecule has 158 valence electrons. The minimum Gasteiger partial charge on any atom is -0.444 e. The zero-order valence-corrected chi connectivity index (χ0v) is 16.1. The van der Waals surface area contributed by atoms with E-state index >= 15 is 0 Å². The predicted molar refractivity (Wildman–Crippen MR) is 93.8 cm³/mol. The van der Waals surface area contributed by atoms with E-state index in [9.17, 15) is 30.3 Å². The number of piperazine rings is 1. The topological polar surface area (TPSA) is 143 Å². The van der Waals surface area contributed by atoms with Gasteiger partial charge in [-0.2, -0.15) is 0 Å². The average molecular weight is 392 g/mol. The Balaban J connectivity index is 1.84. The fourth-order valence-electron chi connectivity index (χ4n) is 3.23. The third-order valence-corrected chi connectivity index (χ3v) is 4.86. The van der Waals surface area contributed by atoms with Crippen molar-refractivity contribution < 1.29 is 39.8 Å². The van der Waals surface area contributed by atoms with Crippen molar-refractivity contribution in [3.8, 4) is 0 Å². The van der Waals surface area contributed by atoms with E-state index in [1.54, 1.807) is 4.90 Å².